The minimum atomic E-state index is 0.0468. The van der Waals surface area contributed by atoms with E-state index in [4.69, 9.17) is 5.26 Å². The van der Waals surface area contributed by atoms with Crippen molar-refractivity contribution in [1.29, 1.82) is 5.26 Å². The molecule has 0 bridgehead atoms. The second kappa shape index (κ2) is 4.79. The third-order valence-electron chi connectivity index (χ3n) is 2.56. The lowest BCUT2D eigenvalue weighted by atomic mass is 9.93. The van der Waals surface area contributed by atoms with Crippen molar-refractivity contribution in [2.75, 3.05) is 5.32 Å². The van der Waals surface area contributed by atoms with E-state index in [-0.39, 0.29) is 5.41 Å². The van der Waals surface area contributed by atoms with Crippen LogP contribution in [0.2, 0.25) is 0 Å². The van der Waals surface area contributed by atoms with Crippen LogP contribution in [0.4, 0.5) is 10.8 Å². The van der Waals surface area contributed by atoms with Crippen molar-refractivity contribution in [2.45, 2.75) is 26.2 Å². The number of hydrogen-bond donors (Lipinski definition) is 1. The van der Waals surface area contributed by atoms with E-state index < -0.39 is 0 Å². The van der Waals surface area contributed by atoms with Gasteiger partial charge in [0, 0.05) is 10.8 Å². The molecular weight excluding hydrogens is 242 g/mol. The predicted octanol–water partition coefficient (Wildman–Crippen LogP) is 4.06. The molecule has 1 aromatic carbocycles. The number of aromatic nitrogens is 1. The van der Waals surface area contributed by atoms with Crippen LogP contribution in [0.25, 0.3) is 0 Å². The molecule has 0 atom stereocenters. The molecule has 4 heteroatoms. The largest absolute Gasteiger partial charge is 0.330 e. The van der Waals surface area contributed by atoms with Crippen molar-refractivity contribution >= 4 is 22.2 Å². The Labute approximate surface area is 111 Å². The van der Waals surface area contributed by atoms with Crippen LogP contribution in [-0.4, -0.2) is 4.98 Å². The first kappa shape index (κ1) is 12.6. The van der Waals surface area contributed by atoms with Gasteiger partial charge in [0.15, 0.2) is 5.13 Å². The maximum atomic E-state index is 9.02. The lowest BCUT2D eigenvalue weighted by Crippen LogP contribution is -2.11. The van der Waals surface area contributed by atoms with Crippen LogP contribution in [0.3, 0.4) is 0 Å². The highest BCUT2D eigenvalue weighted by Crippen LogP contribution is 2.28. The SMILES string of the molecule is CC(C)(C)c1csc(Nc2ccccc2C#N)n1. The van der Waals surface area contributed by atoms with Crippen LogP contribution < -0.4 is 5.32 Å². The standard InChI is InChI=1S/C14H15N3S/c1-14(2,3)12-9-18-13(17-12)16-11-7-5-4-6-10(11)8-15/h4-7,9H,1-3H3,(H,16,17). The lowest BCUT2D eigenvalue weighted by molar-refractivity contribution is 0.573. The summed E-state index contributed by atoms with van der Waals surface area (Å²) in [6.07, 6.45) is 0. The van der Waals surface area contributed by atoms with Gasteiger partial charge in [-0.15, -0.1) is 11.3 Å². The quantitative estimate of drug-likeness (QED) is 0.882. The Morgan fingerprint density at radius 3 is 2.61 bits per heavy atom. The lowest BCUT2D eigenvalue weighted by Gasteiger charge is -2.14. The minimum absolute atomic E-state index is 0.0468. The Kier molecular flexibility index (Phi) is 3.35. The molecule has 0 saturated carbocycles. The second-order valence-corrected chi connectivity index (χ2v) is 5.93. The summed E-state index contributed by atoms with van der Waals surface area (Å²) in [5.41, 5.74) is 2.54. The molecule has 1 N–H and O–H groups in total. The summed E-state index contributed by atoms with van der Waals surface area (Å²) in [6.45, 7) is 6.40. The highest BCUT2D eigenvalue weighted by atomic mass is 32.1. The van der Waals surface area contributed by atoms with Crippen molar-refractivity contribution in [3.05, 3.63) is 40.9 Å². The van der Waals surface area contributed by atoms with Gasteiger partial charge >= 0.3 is 0 Å². The summed E-state index contributed by atoms with van der Waals surface area (Å²) in [4.78, 5) is 4.55. The van der Waals surface area contributed by atoms with Crippen molar-refractivity contribution in [2.24, 2.45) is 0 Å². The number of para-hydroxylation sites is 1. The van der Waals surface area contributed by atoms with E-state index in [0.29, 0.717) is 5.56 Å². The van der Waals surface area contributed by atoms with Crippen LogP contribution in [-0.2, 0) is 5.41 Å². The van der Waals surface area contributed by atoms with Crippen molar-refractivity contribution in [3.8, 4) is 6.07 Å². The fraction of sp³-hybridized carbons (Fsp3) is 0.286. The smallest absolute Gasteiger partial charge is 0.187 e. The fourth-order valence-electron chi connectivity index (χ4n) is 1.48. The molecule has 92 valence electrons. The molecule has 0 aliphatic heterocycles. The maximum absolute atomic E-state index is 9.02. The Balaban J connectivity index is 2.25. The number of benzene rings is 1. The molecule has 0 amide bonds. The number of nitrogens with zero attached hydrogens (tertiary/aromatic N) is 2. The van der Waals surface area contributed by atoms with Crippen LogP contribution in [0.1, 0.15) is 32.0 Å². The van der Waals surface area contributed by atoms with Crippen LogP contribution >= 0.6 is 11.3 Å². The third-order valence-corrected chi connectivity index (χ3v) is 3.32. The van der Waals surface area contributed by atoms with Gasteiger partial charge in [-0.1, -0.05) is 32.9 Å². The molecule has 0 saturated heterocycles. The zero-order chi connectivity index (χ0) is 13.2. The van der Waals surface area contributed by atoms with Crippen LogP contribution in [0.5, 0.6) is 0 Å². The Hall–Kier alpha value is -1.86. The Bertz CT molecular complexity index is 588. The van der Waals surface area contributed by atoms with E-state index in [1.165, 1.54) is 0 Å². The summed E-state index contributed by atoms with van der Waals surface area (Å²) in [5, 5.41) is 15.1. The number of nitrogens with one attached hydrogen (secondary N) is 1. The first-order chi connectivity index (χ1) is 8.50. The highest BCUT2D eigenvalue weighted by molar-refractivity contribution is 7.13. The molecule has 2 aromatic rings. The molecule has 1 aromatic heterocycles. The average Bonchev–Trinajstić information content (AvgIpc) is 2.78. The van der Waals surface area contributed by atoms with E-state index in [1.54, 1.807) is 17.4 Å². The van der Waals surface area contributed by atoms with Gasteiger partial charge in [-0.25, -0.2) is 4.98 Å². The van der Waals surface area contributed by atoms with Gasteiger partial charge in [0.05, 0.1) is 16.9 Å². The topological polar surface area (TPSA) is 48.7 Å². The zero-order valence-electron chi connectivity index (χ0n) is 10.7. The number of thiazole rings is 1. The third kappa shape index (κ3) is 2.69. The summed E-state index contributed by atoms with van der Waals surface area (Å²) in [5.74, 6) is 0. The minimum Gasteiger partial charge on any atom is -0.330 e. The molecule has 0 aliphatic rings. The summed E-state index contributed by atoms with van der Waals surface area (Å²) in [7, 11) is 0. The Morgan fingerprint density at radius 2 is 2.00 bits per heavy atom. The average molecular weight is 257 g/mol. The number of hydrogen-bond acceptors (Lipinski definition) is 4. The molecule has 0 fully saturated rings. The molecule has 1 heterocycles. The van der Waals surface area contributed by atoms with Crippen molar-refractivity contribution < 1.29 is 0 Å². The summed E-state index contributed by atoms with van der Waals surface area (Å²) >= 11 is 1.56. The second-order valence-electron chi connectivity index (χ2n) is 5.07. The zero-order valence-corrected chi connectivity index (χ0v) is 11.5. The number of rotatable bonds is 2. The molecule has 0 spiro atoms. The first-order valence-corrected chi connectivity index (χ1v) is 6.61. The number of nitriles is 1. The number of anilines is 2. The van der Waals surface area contributed by atoms with Crippen molar-refractivity contribution in [3.63, 3.8) is 0 Å². The van der Waals surface area contributed by atoms with E-state index in [1.807, 2.05) is 18.2 Å². The molecule has 18 heavy (non-hydrogen) atoms. The van der Waals surface area contributed by atoms with Gasteiger partial charge in [-0.3, -0.25) is 0 Å². The van der Waals surface area contributed by atoms with E-state index >= 15 is 0 Å². The molecule has 0 unspecified atom stereocenters. The Morgan fingerprint density at radius 1 is 1.28 bits per heavy atom. The van der Waals surface area contributed by atoms with Crippen LogP contribution in [0, 0.1) is 11.3 Å². The van der Waals surface area contributed by atoms with Gasteiger partial charge < -0.3 is 5.32 Å². The van der Waals surface area contributed by atoms with E-state index in [0.717, 1.165) is 16.5 Å². The van der Waals surface area contributed by atoms with Gasteiger partial charge in [0.25, 0.3) is 0 Å². The highest BCUT2D eigenvalue weighted by Gasteiger charge is 2.17. The molecule has 0 radical (unpaired) electrons. The van der Waals surface area contributed by atoms with Gasteiger partial charge in [-0.2, -0.15) is 5.26 Å². The maximum Gasteiger partial charge on any atom is 0.187 e. The normalized spacial score (nSPS) is 11.0. The molecule has 2 rings (SSSR count). The fourth-order valence-corrected chi connectivity index (χ4v) is 2.43. The van der Waals surface area contributed by atoms with Gasteiger partial charge in [0.2, 0.25) is 0 Å². The van der Waals surface area contributed by atoms with E-state index in [9.17, 15) is 0 Å². The monoisotopic (exact) mass is 257 g/mol. The van der Waals surface area contributed by atoms with Gasteiger partial charge in [-0.05, 0) is 12.1 Å². The predicted molar refractivity (Wildman–Crippen MR) is 75.3 cm³/mol. The van der Waals surface area contributed by atoms with Crippen LogP contribution in [0.15, 0.2) is 29.6 Å². The van der Waals surface area contributed by atoms with Crippen molar-refractivity contribution in [1.82, 2.24) is 4.98 Å². The van der Waals surface area contributed by atoms with Gasteiger partial charge in [0.1, 0.15) is 6.07 Å². The summed E-state index contributed by atoms with van der Waals surface area (Å²) < 4.78 is 0. The molecule has 3 nitrogen and oxygen atoms in total. The first-order valence-electron chi connectivity index (χ1n) is 5.73. The molecular formula is C14H15N3S. The molecule has 0 aliphatic carbocycles. The summed E-state index contributed by atoms with van der Waals surface area (Å²) in [6, 6.07) is 9.60. The van der Waals surface area contributed by atoms with E-state index in [2.05, 4.69) is 42.5 Å².